The predicted octanol–water partition coefficient (Wildman–Crippen LogP) is 0.932. The number of nitrogens with two attached hydrogens (primary N) is 1. The second-order valence-electron chi connectivity index (χ2n) is 4.40. The molecule has 22 heavy (non-hydrogen) atoms. The van der Waals surface area contributed by atoms with Crippen molar-refractivity contribution < 1.29 is 14.3 Å². The Bertz CT molecular complexity index is 671. The number of carbonyl (C=O) groups excluding carboxylic acids is 2. The van der Waals surface area contributed by atoms with Gasteiger partial charge < -0.3 is 21.1 Å². The molecule has 0 fully saturated rings. The van der Waals surface area contributed by atoms with Crippen LogP contribution in [0.15, 0.2) is 42.6 Å². The Balaban J connectivity index is 2.04. The third-order valence-corrected chi connectivity index (χ3v) is 2.77. The van der Waals surface area contributed by atoms with E-state index in [1.165, 1.54) is 19.3 Å². The Kier molecular flexibility index (Phi) is 4.92. The molecule has 0 bridgehead atoms. The highest BCUT2D eigenvalue weighted by molar-refractivity contribution is 5.95. The fourth-order valence-electron chi connectivity index (χ4n) is 1.61. The highest BCUT2D eigenvalue weighted by atomic mass is 16.5. The summed E-state index contributed by atoms with van der Waals surface area (Å²) in [5.41, 5.74) is 6.40. The largest absolute Gasteiger partial charge is 0.457 e. The highest BCUT2D eigenvalue weighted by Gasteiger charge is 2.10. The summed E-state index contributed by atoms with van der Waals surface area (Å²) in [5.74, 6) is 0.316. The molecular weight excluding hydrogens is 284 g/mol. The van der Waals surface area contributed by atoms with E-state index in [-0.39, 0.29) is 18.1 Å². The number of hydrogen-bond acceptors (Lipinski definition) is 5. The van der Waals surface area contributed by atoms with Crippen molar-refractivity contribution in [2.24, 2.45) is 0 Å². The van der Waals surface area contributed by atoms with Crippen molar-refractivity contribution in [1.29, 1.82) is 0 Å². The number of benzene rings is 1. The summed E-state index contributed by atoms with van der Waals surface area (Å²) >= 11 is 0. The maximum Gasteiger partial charge on any atom is 0.270 e. The lowest BCUT2D eigenvalue weighted by Gasteiger charge is -2.08. The zero-order valence-electron chi connectivity index (χ0n) is 12.0. The third kappa shape index (κ3) is 4.20. The lowest BCUT2D eigenvalue weighted by atomic mass is 10.3. The first-order valence-corrected chi connectivity index (χ1v) is 6.56. The first kappa shape index (κ1) is 15.3. The molecule has 0 atom stereocenters. The van der Waals surface area contributed by atoms with Crippen molar-refractivity contribution in [2.45, 2.75) is 0 Å². The van der Waals surface area contributed by atoms with Gasteiger partial charge in [0.2, 0.25) is 5.91 Å². The molecule has 4 N–H and O–H groups in total. The quantitative estimate of drug-likeness (QED) is 0.712. The minimum Gasteiger partial charge on any atom is -0.457 e. The van der Waals surface area contributed by atoms with E-state index in [9.17, 15) is 9.59 Å². The van der Waals surface area contributed by atoms with E-state index in [1.54, 1.807) is 30.3 Å². The number of aromatic nitrogens is 1. The number of anilines is 1. The van der Waals surface area contributed by atoms with Gasteiger partial charge in [-0.2, -0.15) is 0 Å². The fourth-order valence-corrected chi connectivity index (χ4v) is 1.61. The highest BCUT2D eigenvalue weighted by Crippen LogP contribution is 2.22. The van der Waals surface area contributed by atoms with E-state index < -0.39 is 5.91 Å². The van der Waals surface area contributed by atoms with E-state index in [2.05, 4.69) is 15.6 Å². The topological polar surface area (TPSA) is 106 Å². The van der Waals surface area contributed by atoms with Gasteiger partial charge in [0.1, 0.15) is 17.2 Å². The standard InChI is InChI=1S/C15H16N4O3/c1-17-14(20)9-19-15(21)13-8-12(6-7-18-13)22-11-4-2-10(16)3-5-11/h2-8H,9,16H2,1H3,(H,17,20)(H,19,21). The van der Waals surface area contributed by atoms with Crippen LogP contribution in [0.25, 0.3) is 0 Å². The van der Waals surface area contributed by atoms with Crippen LogP contribution in [0.1, 0.15) is 10.5 Å². The molecule has 1 aromatic carbocycles. The van der Waals surface area contributed by atoms with Crippen LogP contribution in [-0.2, 0) is 4.79 Å². The molecule has 2 rings (SSSR count). The van der Waals surface area contributed by atoms with Gasteiger partial charge in [0.25, 0.3) is 5.91 Å². The molecule has 0 aliphatic heterocycles. The first-order valence-electron chi connectivity index (χ1n) is 6.56. The van der Waals surface area contributed by atoms with E-state index in [0.29, 0.717) is 17.2 Å². The Morgan fingerprint density at radius 1 is 1.18 bits per heavy atom. The van der Waals surface area contributed by atoms with E-state index in [1.807, 2.05) is 0 Å². The van der Waals surface area contributed by atoms with Gasteiger partial charge in [0, 0.05) is 25.0 Å². The molecule has 7 heteroatoms. The molecule has 7 nitrogen and oxygen atoms in total. The first-order chi connectivity index (χ1) is 10.6. The van der Waals surface area contributed by atoms with Crippen molar-refractivity contribution >= 4 is 17.5 Å². The number of nitrogens with one attached hydrogen (secondary N) is 2. The summed E-state index contributed by atoms with van der Waals surface area (Å²) in [6.45, 7) is -0.111. The van der Waals surface area contributed by atoms with E-state index in [4.69, 9.17) is 10.5 Å². The van der Waals surface area contributed by atoms with Gasteiger partial charge in [-0.3, -0.25) is 14.6 Å². The minimum atomic E-state index is -0.452. The summed E-state index contributed by atoms with van der Waals surface area (Å²) in [7, 11) is 1.49. The van der Waals surface area contributed by atoms with Crippen molar-refractivity contribution in [3.05, 3.63) is 48.3 Å². The SMILES string of the molecule is CNC(=O)CNC(=O)c1cc(Oc2ccc(N)cc2)ccn1. The molecule has 0 aliphatic carbocycles. The summed E-state index contributed by atoms with van der Waals surface area (Å²) in [6.07, 6.45) is 1.46. The molecule has 0 unspecified atom stereocenters. The van der Waals surface area contributed by atoms with Crippen LogP contribution in [0.5, 0.6) is 11.5 Å². The second kappa shape index (κ2) is 7.07. The average Bonchev–Trinajstić information content (AvgIpc) is 2.54. The molecule has 114 valence electrons. The number of nitrogens with zero attached hydrogens (tertiary/aromatic N) is 1. The monoisotopic (exact) mass is 300 g/mol. The number of rotatable bonds is 5. The maximum atomic E-state index is 11.9. The average molecular weight is 300 g/mol. The van der Waals surface area contributed by atoms with Crippen molar-refractivity contribution in [2.75, 3.05) is 19.3 Å². The number of pyridine rings is 1. The smallest absolute Gasteiger partial charge is 0.270 e. The predicted molar refractivity (Wildman–Crippen MR) is 81.6 cm³/mol. The molecule has 0 saturated heterocycles. The summed E-state index contributed by atoms with van der Waals surface area (Å²) < 4.78 is 5.62. The number of carbonyl (C=O) groups is 2. The minimum absolute atomic E-state index is 0.111. The molecule has 0 spiro atoms. The van der Waals surface area contributed by atoms with Gasteiger partial charge in [0.15, 0.2) is 0 Å². The van der Waals surface area contributed by atoms with Crippen LogP contribution in [0.2, 0.25) is 0 Å². The van der Waals surface area contributed by atoms with Gasteiger partial charge in [-0.15, -0.1) is 0 Å². The number of likely N-dealkylation sites (N-methyl/N-ethyl adjacent to an activating group) is 1. The number of amides is 2. The summed E-state index contributed by atoms with van der Waals surface area (Å²) in [6, 6.07) is 10.0. The van der Waals surface area contributed by atoms with E-state index in [0.717, 1.165) is 0 Å². The molecule has 2 aromatic rings. The summed E-state index contributed by atoms with van der Waals surface area (Å²) in [5, 5.41) is 4.87. The zero-order valence-corrected chi connectivity index (χ0v) is 12.0. The van der Waals surface area contributed by atoms with Crippen LogP contribution < -0.4 is 21.1 Å². The van der Waals surface area contributed by atoms with Crippen molar-refractivity contribution in [3.63, 3.8) is 0 Å². The van der Waals surface area contributed by atoms with Crippen LogP contribution in [-0.4, -0.2) is 30.4 Å². The van der Waals surface area contributed by atoms with Crippen molar-refractivity contribution in [3.8, 4) is 11.5 Å². The Labute approximate surface area is 127 Å². The van der Waals surface area contributed by atoms with Crippen LogP contribution in [0.4, 0.5) is 5.69 Å². The van der Waals surface area contributed by atoms with Gasteiger partial charge >= 0.3 is 0 Å². The summed E-state index contributed by atoms with van der Waals surface area (Å²) in [4.78, 5) is 26.9. The van der Waals surface area contributed by atoms with Gasteiger partial charge in [-0.1, -0.05) is 0 Å². The van der Waals surface area contributed by atoms with Crippen LogP contribution in [0.3, 0.4) is 0 Å². The Morgan fingerprint density at radius 3 is 2.59 bits per heavy atom. The fraction of sp³-hybridized carbons (Fsp3) is 0.133. The lowest BCUT2D eigenvalue weighted by Crippen LogP contribution is -2.35. The molecule has 0 radical (unpaired) electrons. The number of hydrogen-bond donors (Lipinski definition) is 3. The third-order valence-electron chi connectivity index (χ3n) is 2.77. The molecule has 2 amide bonds. The Morgan fingerprint density at radius 2 is 1.91 bits per heavy atom. The maximum absolute atomic E-state index is 11.9. The Hall–Kier alpha value is -3.09. The molecule has 1 aromatic heterocycles. The van der Waals surface area contributed by atoms with Gasteiger partial charge in [-0.25, -0.2) is 0 Å². The molecule has 1 heterocycles. The van der Waals surface area contributed by atoms with E-state index >= 15 is 0 Å². The molecule has 0 saturated carbocycles. The van der Waals surface area contributed by atoms with Gasteiger partial charge in [-0.05, 0) is 30.3 Å². The lowest BCUT2D eigenvalue weighted by molar-refractivity contribution is -0.119. The van der Waals surface area contributed by atoms with Crippen LogP contribution in [0, 0.1) is 0 Å². The second-order valence-corrected chi connectivity index (χ2v) is 4.40. The van der Waals surface area contributed by atoms with Crippen LogP contribution >= 0.6 is 0 Å². The normalized spacial score (nSPS) is 9.86. The number of nitrogen functional groups attached to an aromatic ring is 1. The zero-order chi connectivity index (χ0) is 15.9. The van der Waals surface area contributed by atoms with Gasteiger partial charge in [0.05, 0.1) is 6.54 Å². The number of ether oxygens (including phenoxy) is 1. The molecule has 0 aliphatic rings. The van der Waals surface area contributed by atoms with Crippen molar-refractivity contribution in [1.82, 2.24) is 15.6 Å². The molecular formula is C15H16N4O3.